The molecule has 0 saturated heterocycles. The van der Waals surface area contributed by atoms with Crippen molar-refractivity contribution in [2.24, 2.45) is 0 Å². The Morgan fingerprint density at radius 2 is 1.75 bits per heavy atom. The van der Waals surface area contributed by atoms with E-state index in [2.05, 4.69) is 20.4 Å². The van der Waals surface area contributed by atoms with Crippen LogP contribution < -0.4 is 10.9 Å². The summed E-state index contributed by atoms with van der Waals surface area (Å²) in [4.78, 5) is 31.8. The van der Waals surface area contributed by atoms with E-state index in [0.29, 0.717) is 29.8 Å². The van der Waals surface area contributed by atoms with Crippen LogP contribution in [0, 0.1) is 0 Å². The Balaban J connectivity index is 1.48. The highest BCUT2D eigenvalue weighted by atomic mass is 16.1. The van der Waals surface area contributed by atoms with Crippen molar-refractivity contribution < 1.29 is 4.79 Å². The van der Waals surface area contributed by atoms with Crippen LogP contribution in [0.3, 0.4) is 0 Å². The van der Waals surface area contributed by atoms with Gasteiger partial charge in [0.15, 0.2) is 5.65 Å². The van der Waals surface area contributed by atoms with Gasteiger partial charge in [0, 0.05) is 19.4 Å². The molecule has 4 aromatic rings. The van der Waals surface area contributed by atoms with Crippen molar-refractivity contribution in [2.75, 3.05) is 0 Å². The van der Waals surface area contributed by atoms with Crippen molar-refractivity contribution in [1.82, 2.24) is 25.1 Å². The second-order valence-electron chi connectivity index (χ2n) is 6.40. The number of aryl methyl sites for hydroxylation is 1. The lowest BCUT2D eigenvalue weighted by molar-refractivity contribution is -0.121. The molecule has 140 valence electrons. The molecule has 7 heteroatoms. The molecule has 0 fully saturated rings. The summed E-state index contributed by atoms with van der Waals surface area (Å²) < 4.78 is 1.63. The largest absolute Gasteiger partial charge is 0.352 e. The summed E-state index contributed by atoms with van der Waals surface area (Å²) in [7, 11) is 0. The molecule has 0 radical (unpaired) electrons. The van der Waals surface area contributed by atoms with Crippen molar-refractivity contribution in [3.63, 3.8) is 0 Å². The molecule has 2 heterocycles. The standard InChI is InChI=1S/C21H19N5O2/c27-19(22-13-15-7-3-1-4-8-15)12-11-18-24-20-17(21(28)25-18)14-23-26(20)16-9-5-2-6-10-16/h1-10,14H,11-13H2,(H,22,27)(H,24,25,28). The first-order chi connectivity index (χ1) is 13.7. The molecule has 4 rings (SSSR count). The Bertz CT molecular complexity index is 1150. The van der Waals surface area contributed by atoms with Crippen LogP contribution >= 0.6 is 0 Å². The quantitative estimate of drug-likeness (QED) is 0.543. The Morgan fingerprint density at radius 3 is 2.50 bits per heavy atom. The number of para-hydroxylation sites is 1. The summed E-state index contributed by atoms with van der Waals surface area (Å²) in [5.41, 5.74) is 2.08. The van der Waals surface area contributed by atoms with Crippen molar-refractivity contribution >= 4 is 16.9 Å². The van der Waals surface area contributed by atoms with Gasteiger partial charge in [-0.25, -0.2) is 9.67 Å². The van der Waals surface area contributed by atoms with Gasteiger partial charge in [0.25, 0.3) is 5.56 Å². The maximum absolute atomic E-state index is 12.4. The van der Waals surface area contributed by atoms with Crippen LogP contribution in [0.25, 0.3) is 16.7 Å². The fourth-order valence-electron chi connectivity index (χ4n) is 2.96. The van der Waals surface area contributed by atoms with E-state index in [0.717, 1.165) is 11.3 Å². The van der Waals surface area contributed by atoms with Gasteiger partial charge in [-0.2, -0.15) is 5.10 Å². The van der Waals surface area contributed by atoms with Crippen LogP contribution in [-0.2, 0) is 17.8 Å². The highest BCUT2D eigenvalue weighted by Crippen LogP contribution is 2.13. The van der Waals surface area contributed by atoms with Crippen LogP contribution in [0.15, 0.2) is 71.7 Å². The van der Waals surface area contributed by atoms with Crippen molar-refractivity contribution in [1.29, 1.82) is 0 Å². The minimum atomic E-state index is -0.258. The summed E-state index contributed by atoms with van der Waals surface area (Å²) in [6.45, 7) is 0.476. The first-order valence-corrected chi connectivity index (χ1v) is 9.04. The molecule has 28 heavy (non-hydrogen) atoms. The number of benzene rings is 2. The Labute approximate surface area is 161 Å². The molecule has 0 aliphatic carbocycles. The number of aromatic amines is 1. The van der Waals surface area contributed by atoms with Gasteiger partial charge in [-0.1, -0.05) is 48.5 Å². The summed E-state index contributed by atoms with van der Waals surface area (Å²) >= 11 is 0. The number of hydrogen-bond acceptors (Lipinski definition) is 4. The highest BCUT2D eigenvalue weighted by molar-refractivity contribution is 5.77. The van der Waals surface area contributed by atoms with Crippen molar-refractivity contribution in [2.45, 2.75) is 19.4 Å². The van der Waals surface area contributed by atoms with E-state index in [1.807, 2.05) is 60.7 Å². The summed E-state index contributed by atoms with van der Waals surface area (Å²) in [5.74, 6) is 0.369. The fraction of sp³-hybridized carbons (Fsp3) is 0.143. The lowest BCUT2D eigenvalue weighted by Crippen LogP contribution is -2.23. The van der Waals surface area contributed by atoms with E-state index >= 15 is 0 Å². The molecule has 2 aromatic carbocycles. The third kappa shape index (κ3) is 3.83. The molecule has 0 atom stereocenters. The number of hydrogen-bond donors (Lipinski definition) is 2. The number of fused-ring (bicyclic) bond motifs is 1. The van der Waals surface area contributed by atoms with Crippen LogP contribution in [0.4, 0.5) is 0 Å². The lowest BCUT2D eigenvalue weighted by Gasteiger charge is -2.06. The van der Waals surface area contributed by atoms with Crippen LogP contribution in [0.1, 0.15) is 17.8 Å². The minimum absolute atomic E-state index is 0.0943. The molecule has 0 unspecified atom stereocenters. The molecular weight excluding hydrogens is 354 g/mol. The predicted molar refractivity (Wildman–Crippen MR) is 106 cm³/mol. The van der Waals surface area contributed by atoms with Gasteiger partial charge in [-0.05, 0) is 17.7 Å². The van der Waals surface area contributed by atoms with E-state index in [1.54, 1.807) is 4.68 Å². The topological polar surface area (TPSA) is 92.7 Å². The number of rotatable bonds is 6. The third-order valence-corrected chi connectivity index (χ3v) is 4.41. The molecule has 0 spiro atoms. The zero-order valence-electron chi connectivity index (χ0n) is 15.1. The van der Waals surface area contributed by atoms with Crippen LogP contribution in [0.2, 0.25) is 0 Å². The monoisotopic (exact) mass is 373 g/mol. The first-order valence-electron chi connectivity index (χ1n) is 9.04. The van der Waals surface area contributed by atoms with Gasteiger partial charge in [0.2, 0.25) is 5.91 Å². The van der Waals surface area contributed by atoms with Crippen LogP contribution in [-0.4, -0.2) is 25.7 Å². The maximum Gasteiger partial charge on any atom is 0.262 e. The SMILES string of the molecule is O=C(CCc1nc2c(cnn2-c2ccccc2)c(=O)[nH]1)NCc1ccccc1. The van der Waals surface area contributed by atoms with E-state index in [4.69, 9.17) is 0 Å². The van der Waals surface area contributed by atoms with E-state index in [1.165, 1.54) is 6.20 Å². The molecule has 2 aromatic heterocycles. The molecule has 0 saturated carbocycles. The number of H-pyrrole nitrogens is 1. The maximum atomic E-state index is 12.4. The summed E-state index contributed by atoms with van der Waals surface area (Å²) in [6.07, 6.45) is 2.08. The number of carbonyl (C=O) groups is 1. The molecule has 7 nitrogen and oxygen atoms in total. The van der Waals surface area contributed by atoms with Gasteiger partial charge in [0.1, 0.15) is 11.2 Å². The molecule has 0 bridgehead atoms. The van der Waals surface area contributed by atoms with Crippen molar-refractivity contribution in [3.05, 3.63) is 88.6 Å². The van der Waals surface area contributed by atoms with Gasteiger partial charge in [-0.3, -0.25) is 9.59 Å². The Morgan fingerprint density at radius 1 is 1.04 bits per heavy atom. The second-order valence-corrected chi connectivity index (χ2v) is 6.40. The lowest BCUT2D eigenvalue weighted by atomic mass is 10.2. The predicted octanol–water partition coefficient (Wildman–Crippen LogP) is 2.36. The third-order valence-electron chi connectivity index (χ3n) is 4.41. The van der Waals surface area contributed by atoms with E-state index in [9.17, 15) is 9.59 Å². The van der Waals surface area contributed by atoms with Gasteiger partial charge < -0.3 is 10.3 Å². The first kappa shape index (κ1) is 17.7. The number of carbonyl (C=O) groups excluding carboxylic acids is 1. The zero-order valence-corrected chi connectivity index (χ0v) is 15.1. The van der Waals surface area contributed by atoms with E-state index < -0.39 is 0 Å². The average Bonchev–Trinajstić information content (AvgIpc) is 3.17. The van der Waals surface area contributed by atoms with Crippen LogP contribution in [0.5, 0.6) is 0 Å². The smallest absolute Gasteiger partial charge is 0.262 e. The molecular formula is C21H19N5O2. The molecule has 2 N–H and O–H groups in total. The zero-order chi connectivity index (χ0) is 19.3. The molecule has 0 aliphatic heterocycles. The minimum Gasteiger partial charge on any atom is -0.352 e. The summed E-state index contributed by atoms with van der Waals surface area (Å²) in [6, 6.07) is 19.2. The number of nitrogens with zero attached hydrogens (tertiary/aromatic N) is 3. The van der Waals surface area contributed by atoms with Gasteiger partial charge >= 0.3 is 0 Å². The number of aromatic nitrogens is 4. The second kappa shape index (κ2) is 7.87. The number of nitrogens with one attached hydrogen (secondary N) is 2. The molecule has 1 amide bonds. The van der Waals surface area contributed by atoms with Crippen molar-refractivity contribution in [3.8, 4) is 5.69 Å². The average molecular weight is 373 g/mol. The Hall–Kier alpha value is -3.74. The van der Waals surface area contributed by atoms with Gasteiger partial charge in [0.05, 0.1) is 11.9 Å². The van der Waals surface area contributed by atoms with E-state index in [-0.39, 0.29) is 17.9 Å². The van der Waals surface area contributed by atoms with Gasteiger partial charge in [-0.15, -0.1) is 0 Å². The Kier molecular flexibility index (Phi) is 4.97. The highest BCUT2D eigenvalue weighted by Gasteiger charge is 2.12. The number of amides is 1. The summed E-state index contributed by atoms with van der Waals surface area (Å²) in [5, 5.41) is 7.58. The molecule has 0 aliphatic rings. The normalized spacial score (nSPS) is 10.9. The fourth-order valence-corrected chi connectivity index (χ4v) is 2.96.